The van der Waals surface area contributed by atoms with Crippen LogP contribution in [0.15, 0.2) is 18.2 Å². The number of amides is 1. The monoisotopic (exact) mass is 406 g/mol. The van der Waals surface area contributed by atoms with E-state index in [0.29, 0.717) is 57.4 Å². The lowest BCUT2D eigenvalue weighted by molar-refractivity contribution is -0.135. The second-order valence-corrected chi connectivity index (χ2v) is 7.14. The van der Waals surface area contributed by atoms with E-state index in [1.807, 2.05) is 30.0 Å². The maximum Gasteiger partial charge on any atom is 0.224 e. The molecule has 0 saturated carbocycles. The standard InChI is InChI=1S/C20H27ClN4O3/c1-3-18-22-17-14-15(21)4-5-16(17)20(23-18)25(8-11-27-2)7-6-19(26)24-9-12-28-13-10-24/h4-5,14H,3,6-13H2,1-2H3. The van der Waals surface area contributed by atoms with Crippen LogP contribution < -0.4 is 4.90 Å². The summed E-state index contributed by atoms with van der Waals surface area (Å²) in [4.78, 5) is 25.9. The van der Waals surface area contributed by atoms with Gasteiger partial charge in [-0.25, -0.2) is 9.97 Å². The van der Waals surface area contributed by atoms with Gasteiger partial charge in [-0.15, -0.1) is 0 Å². The second kappa shape index (κ2) is 10.0. The summed E-state index contributed by atoms with van der Waals surface area (Å²) >= 11 is 6.16. The van der Waals surface area contributed by atoms with Gasteiger partial charge in [-0.3, -0.25) is 4.79 Å². The molecule has 0 unspecified atom stereocenters. The van der Waals surface area contributed by atoms with E-state index in [0.717, 1.165) is 29.0 Å². The lowest BCUT2D eigenvalue weighted by atomic mass is 10.2. The fraction of sp³-hybridized carbons (Fsp3) is 0.550. The van der Waals surface area contributed by atoms with E-state index in [2.05, 4.69) is 9.88 Å². The van der Waals surface area contributed by atoms with Crippen LogP contribution in [0.1, 0.15) is 19.2 Å². The molecular formula is C20H27ClN4O3. The number of anilines is 1. The Kier molecular flexibility index (Phi) is 7.42. The summed E-state index contributed by atoms with van der Waals surface area (Å²) in [7, 11) is 1.67. The molecule has 0 bridgehead atoms. The van der Waals surface area contributed by atoms with Crippen molar-refractivity contribution in [3.8, 4) is 0 Å². The topological polar surface area (TPSA) is 67.8 Å². The van der Waals surface area contributed by atoms with Crippen LogP contribution in [-0.2, 0) is 20.7 Å². The Hall–Kier alpha value is -1.96. The summed E-state index contributed by atoms with van der Waals surface area (Å²) in [5.41, 5.74) is 0.816. The molecule has 1 aromatic heterocycles. The molecule has 1 aromatic carbocycles. The third-order valence-corrected chi connectivity index (χ3v) is 5.06. The minimum Gasteiger partial charge on any atom is -0.383 e. The SMILES string of the molecule is CCc1nc(N(CCOC)CCC(=O)N2CCOCC2)c2ccc(Cl)cc2n1. The summed E-state index contributed by atoms with van der Waals surface area (Å²) in [6.07, 6.45) is 1.14. The number of ether oxygens (including phenoxy) is 2. The van der Waals surface area contributed by atoms with Gasteiger partial charge in [0, 0.05) is 56.5 Å². The van der Waals surface area contributed by atoms with Crippen molar-refractivity contribution in [1.29, 1.82) is 0 Å². The Morgan fingerprint density at radius 1 is 1.29 bits per heavy atom. The first kappa shape index (κ1) is 20.8. The van der Waals surface area contributed by atoms with Gasteiger partial charge in [-0.2, -0.15) is 0 Å². The summed E-state index contributed by atoms with van der Waals surface area (Å²) in [6, 6.07) is 5.64. The summed E-state index contributed by atoms with van der Waals surface area (Å²) in [5.74, 6) is 1.72. The van der Waals surface area contributed by atoms with Crippen molar-refractivity contribution < 1.29 is 14.3 Å². The number of halogens is 1. The van der Waals surface area contributed by atoms with Crippen LogP contribution >= 0.6 is 11.6 Å². The van der Waals surface area contributed by atoms with Crippen LogP contribution in [0.2, 0.25) is 5.02 Å². The molecule has 0 atom stereocenters. The van der Waals surface area contributed by atoms with Crippen LogP contribution in [0.5, 0.6) is 0 Å². The maximum absolute atomic E-state index is 12.6. The van der Waals surface area contributed by atoms with Crippen LogP contribution in [-0.4, -0.2) is 73.9 Å². The van der Waals surface area contributed by atoms with Gasteiger partial charge in [-0.1, -0.05) is 18.5 Å². The van der Waals surface area contributed by atoms with E-state index < -0.39 is 0 Å². The highest BCUT2D eigenvalue weighted by Crippen LogP contribution is 2.27. The van der Waals surface area contributed by atoms with E-state index in [-0.39, 0.29) is 5.91 Å². The zero-order chi connectivity index (χ0) is 19.9. The molecule has 0 radical (unpaired) electrons. The molecule has 2 aromatic rings. The average Bonchev–Trinajstić information content (AvgIpc) is 2.73. The van der Waals surface area contributed by atoms with Gasteiger partial charge in [0.2, 0.25) is 5.91 Å². The van der Waals surface area contributed by atoms with Crippen molar-refractivity contribution in [2.45, 2.75) is 19.8 Å². The molecule has 1 aliphatic rings. The fourth-order valence-electron chi connectivity index (χ4n) is 3.26. The van der Waals surface area contributed by atoms with E-state index in [9.17, 15) is 4.79 Å². The fourth-order valence-corrected chi connectivity index (χ4v) is 3.42. The first-order valence-corrected chi connectivity index (χ1v) is 10.1. The third-order valence-electron chi connectivity index (χ3n) is 4.83. The molecule has 8 heteroatoms. The molecule has 0 N–H and O–H groups in total. The van der Waals surface area contributed by atoms with Crippen molar-refractivity contribution in [1.82, 2.24) is 14.9 Å². The first-order valence-electron chi connectivity index (χ1n) is 9.68. The number of fused-ring (bicyclic) bond motifs is 1. The predicted molar refractivity (Wildman–Crippen MR) is 110 cm³/mol. The van der Waals surface area contributed by atoms with E-state index in [4.69, 9.17) is 26.1 Å². The number of morpholine rings is 1. The van der Waals surface area contributed by atoms with Crippen molar-refractivity contribution in [2.75, 3.05) is 58.0 Å². The normalized spacial score (nSPS) is 14.5. The number of benzene rings is 1. The Morgan fingerprint density at radius 2 is 2.07 bits per heavy atom. The van der Waals surface area contributed by atoms with Gasteiger partial charge >= 0.3 is 0 Å². The smallest absolute Gasteiger partial charge is 0.224 e. The van der Waals surface area contributed by atoms with Crippen molar-refractivity contribution in [3.05, 3.63) is 29.0 Å². The van der Waals surface area contributed by atoms with Gasteiger partial charge < -0.3 is 19.3 Å². The molecule has 152 valence electrons. The minimum atomic E-state index is 0.142. The molecule has 0 aliphatic carbocycles. The number of methoxy groups -OCH3 is 1. The predicted octanol–water partition coefficient (Wildman–Crippen LogP) is 2.55. The van der Waals surface area contributed by atoms with Gasteiger partial charge in [0.1, 0.15) is 11.6 Å². The number of hydrogen-bond donors (Lipinski definition) is 0. The lowest BCUT2D eigenvalue weighted by Crippen LogP contribution is -2.42. The second-order valence-electron chi connectivity index (χ2n) is 6.70. The highest BCUT2D eigenvalue weighted by molar-refractivity contribution is 6.31. The van der Waals surface area contributed by atoms with Crippen LogP contribution in [0.3, 0.4) is 0 Å². The van der Waals surface area contributed by atoms with Crippen molar-refractivity contribution >= 4 is 34.2 Å². The van der Waals surface area contributed by atoms with Crippen LogP contribution in [0, 0.1) is 0 Å². The Labute approximate surface area is 170 Å². The molecule has 3 rings (SSSR count). The number of hydrogen-bond acceptors (Lipinski definition) is 6. The molecule has 28 heavy (non-hydrogen) atoms. The lowest BCUT2D eigenvalue weighted by Gasteiger charge is -2.29. The first-order chi connectivity index (χ1) is 13.6. The van der Waals surface area contributed by atoms with Gasteiger partial charge in [0.15, 0.2) is 0 Å². The van der Waals surface area contributed by atoms with E-state index in [1.165, 1.54) is 0 Å². The zero-order valence-corrected chi connectivity index (χ0v) is 17.2. The largest absolute Gasteiger partial charge is 0.383 e. The van der Waals surface area contributed by atoms with Crippen LogP contribution in [0.4, 0.5) is 5.82 Å². The number of carbonyl (C=O) groups excluding carboxylic acids is 1. The molecule has 0 spiro atoms. The van der Waals surface area contributed by atoms with Crippen LogP contribution in [0.25, 0.3) is 10.9 Å². The van der Waals surface area contributed by atoms with E-state index in [1.54, 1.807) is 7.11 Å². The molecule has 1 amide bonds. The third kappa shape index (κ3) is 5.10. The summed E-state index contributed by atoms with van der Waals surface area (Å²) in [5, 5.41) is 1.57. The van der Waals surface area contributed by atoms with Crippen molar-refractivity contribution in [3.63, 3.8) is 0 Å². The number of aryl methyl sites for hydroxylation is 1. The zero-order valence-electron chi connectivity index (χ0n) is 16.5. The number of rotatable bonds is 8. The summed E-state index contributed by atoms with van der Waals surface area (Å²) in [6.45, 7) is 6.32. The molecule has 2 heterocycles. The molecule has 1 saturated heterocycles. The quantitative estimate of drug-likeness (QED) is 0.671. The average molecular weight is 407 g/mol. The molecule has 1 fully saturated rings. The maximum atomic E-state index is 12.6. The van der Waals surface area contributed by atoms with Gasteiger partial charge in [0.25, 0.3) is 0 Å². The number of nitrogens with zero attached hydrogens (tertiary/aromatic N) is 4. The number of aromatic nitrogens is 2. The molecular weight excluding hydrogens is 380 g/mol. The minimum absolute atomic E-state index is 0.142. The molecule has 1 aliphatic heterocycles. The van der Waals surface area contributed by atoms with Crippen molar-refractivity contribution in [2.24, 2.45) is 0 Å². The Balaban J connectivity index is 1.85. The van der Waals surface area contributed by atoms with E-state index >= 15 is 0 Å². The molecule has 7 nitrogen and oxygen atoms in total. The Bertz CT molecular complexity index is 811. The Morgan fingerprint density at radius 3 is 2.79 bits per heavy atom. The summed E-state index contributed by atoms with van der Waals surface area (Å²) < 4.78 is 10.6. The van der Waals surface area contributed by atoms with Gasteiger partial charge in [-0.05, 0) is 18.2 Å². The highest BCUT2D eigenvalue weighted by atomic mass is 35.5. The highest BCUT2D eigenvalue weighted by Gasteiger charge is 2.20. The van der Waals surface area contributed by atoms with Gasteiger partial charge in [0.05, 0.1) is 25.3 Å². The number of carbonyl (C=O) groups is 1.